The van der Waals surface area contributed by atoms with Crippen LogP contribution in [0.1, 0.15) is 63.7 Å². The van der Waals surface area contributed by atoms with E-state index in [0.29, 0.717) is 36.2 Å². The third-order valence-corrected chi connectivity index (χ3v) is 7.64. The number of benzene rings is 2. The van der Waals surface area contributed by atoms with E-state index in [1.807, 2.05) is 29.2 Å². The Morgan fingerprint density at radius 2 is 1.76 bits per heavy atom. The van der Waals surface area contributed by atoms with E-state index in [2.05, 4.69) is 52.0 Å². The maximum absolute atomic E-state index is 12.8. The van der Waals surface area contributed by atoms with Gasteiger partial charge in [0.2, 0.25) is 0 Å². The smallest absolute Gasteiger partial charge is 0.260 e. The summed E-state index contributed by atoms with van der Waals surface area (Å²) in [5.41, 5.74) is 2.41. The molecule has 2 aromatic carbocycles. The molecule has 2 fully saturated rings. The van der Waals surface area contributed by atoms with E-state index in [-0.39, 0.29) is 18.6 Å². The van der Waals surface area contributed by atoms with E-state index in [1.165, 1.54) is 12.0 Å². The lowest BCUT2D eigenvalue weighted by Gasteiger charge is -2.39. The molecule has 4 nitrogen and oxygen atoms in total. The van der Waals surface area contributed by atoms with E-state index >= 15 is 0 Å². The van der Waals surface area contributed by atoms with Gasteiger partial charge in [0.1, 0.15) is 5.75 Å². The first-order valence-electron chi connectivity index (χ1n) is 12.7. The van der Waals surface area contributed by atoms with Crippen LogP contribution in [-0.4, -0.2) is 37.1 Å². The van der Waals surface area contributed by atoms with Gasteiger partial charge in [0.15, 0.2) is 6.61 Å². The van der Waals surface area contributed by atoms with Gasteiger partial charge in [-0.25, -0.2) is 0 Å². The summed E-state index contributed by atoms with van der Waals surface area (Å²) >= 11 is 6.08. The van der Waals surface area contributed by atoms with Crippen LogP contribution in [0, 0.1) is 23.7 Å². The third kappa shape index (κ3) is 6.14. The maximum atomic E-state index is 12.8. The molecule has 0 bridgehead atoms. The van der Waals surface area contributed by atoms with E-state index in [4.69, 9.17) is 21.1 Å². The molecule has 0 aliphatic carbocycles. The van der Waals surface area contributed by atoms with Crippen LogP contribution in [0.2, 0.25) is 5.02 Å². The number of carbonyl (C=O) groups is 1. The first kappa shape index (κ1) is 25.1. The van der Waals surface area contributed by atoms with Crippen molar-refractivity contribution in [3.8, 4) is 5.75 Å². The minimum atomic E-state index is 0.0200. The Labute approximate surface area is 209 Å². The van der Waals surface area contributed by atoms with Gasteiger partial charge in [-0.2, -0.15) is 0 Å². The van der Waals surface area contributed by atoms with Gasteiger partial charge in [-0.05, 0) is 71.9 Å². The zero-order valence-electron chi connectivity index (χ0n) is 20.9. The van der Waals surface area contributed by atoms with Crippen molar-refractivity contribution >= 4 is 17.5 Å². The number of likely N-dealkylation sites (tertiary alicyclic amines) is 1. The molecule has 184 valence electrons. The van der Waals surface area contributed by atoms with Crippen molar-refractivity contribution in [1.82, 2.24) is 4.90 Å². The summed E-state index contributed by atoms with van der Waals surface area (Å²) in [4.78, 5) is 14.7. The lowest BCUT2D eigenvalue weighted by atomic mass is 9.76. The number of carbonyl (C=O) groups excluding carboxylic acids is 1. The first-order chi connectivity index (χ1) is 16.3. The van der Waals surface area contributed by atoms with E-state index in [9.17, 15) is 4.79 Å². The summed E-state index contributed by atoms with van der Waals surface area (Å²) in [6.45, 7) is 11.4. The molecule has 2 aliphatic rings. The minimum absolute atomic E-state index is 0.0200. The van der Waals surface area contributed by atoms with Crippen LogP contribution in [0.4, 0.5) is 0 Å². The Hall–Kier alpha value is -2.04. The summed E-state index contributed by atoms with van der Waals surface area (Å²) < 4.78 is 12.4. The zero-order valence-corrected chi connectivity index (χ0v) is 21.6. The molecule has 2 saturated heterocycles. The summed E-state index contributed by atoms with van der Waals surface area (Å²) in [5.74, 6) is 3.14. The van der Waals surface area contributed by atoms with Gasteiger partial charge >= 0.3 is 0 Å². The molecule has 0 N–H and O–H groups in total. The number of ether oxygens (including phenoxy) is 2. The highest BCUT2D eigenvalue weighted by molar-refractivity contribution is 6.30. The number of piperidine rings is 1. The number of amides is 1. The standard InChI is InChI=1S/C29H38ClNO3/c1-19(2)27-14-24(22-8-10-25(30)11-9-22)17-34-29(27)23-6-5-7-26(13-23)33-18-28(32)31-15-20(3)12-21(4)16-31/h5-11,13,19-21,24,27,29H,12,14-18H2,1-4H3/t20?,21?,24-,27-,29-/m0/s1. The van der Waals surface area contributed by atoms with Gasteiger partial charge in [0, 0.05) is 24.0 Å². The quantitative estimate of drug-likeness (QED) is 0.456. The molecule has 34 heavy (non-hydrogen) atoms. The molecular weight excluding hydrogens is 446 g/mol. The summed E-state index contributed by atoms with van der Waals surface area (Å²) in [6, 6.07) is 16.3. The first-order valence-corrected chi connectivity index (χ1v) is 13.1. The van der Waals surface area contributed by atoms with Crippen LogP contribution in [0.5, 0.6) is 5.75 Å². The highest BCUT2D eigenvalue weighted by Crippen LogP contribution is 2.44. The molecule has 1 amide bonds. The van der Waals surface area contributed by atoms with Gasteiger partial charge in [-0.1, -0.05) is 63.6 Å². The largest absolute Gasteiger partial charge is 0.484 e. The van der Waals surface area contributed by atoms with Gasteiger partial charge in [-0.3, -0.25) is 4.79 Å². The van der Waals surface area contributed by atoms with Crippen molar-refractivity contribution in [2.75, 3.05) is 26.3 Å². The fourth-order valence-corrected chi connectivity index (χ4v) is 5.81. The molecule has 0 spiro atoms. The molecule has 0 saturated carbocycles. The predicted octanol–water partition coefficient (Wildman–Crippen LogP) is 6.74. The van der Waals surface area contributed by atoms with Crippen molar-refractivity contribution in [3.05, 3.63) is 64.7 Å². The van der Waals surface area contributed by atoms with Crippen molar-refractivity contribution < 1.29 is 14.3 Å². The van der Waals surface area contributed by atoms with E-state index in [1.54, 1.807) is 0 Å². The molecule has 0 aromatic heterocycles. The van der Waals surface area contributed by atoms with Crippen LogP contribution < -0.4 is 4.74 Å². The van der Waals surface area contributed by atoms with Crippen LogP contribution in [-0.2, 0) is 9.53 Å². The molecule has 2 aromatic rings. The highest BCUT2D eigenvalue weighted by Gasteiger charge is 2.35. The van der Waals surface area contributed by atoms with Crippen molar-refractivity contribution in [2.24, 2.45) is 23.7 Å². The molecular formula is C29H38ClNO3. The number of hydrogen-bond donors (Lipinski definition) is 0. The van der Waals surface area contributed by atoms with Gasteiger partial charge in [0.25, 0.3) is 5.91 Å². The Bertz CT molecular complexity index is 950. The molecule has 2 unspecified atom stereocenters. The number of nitrogens with zero attached hydrogens (tertiary/aromatic N) is 1. The normalized spacial score (nSPS) is 27.6. The van der Waals surface area contributed by atoms with Crippen molar-refractivity contribution in [3.63, 3.8) is 0 Å². The average Bonchev–Trinajstić information content (AvgIpc) is 2.82. The second kappa shape index (κ2) is 11.1. The fourth-order valence-electron chi connectivity index (χ4n) is 5.68. The molecule has 5 atom stereocenters. The second-order valence-electron chi connectivity index (χ2n) is 10.8. The van der Waals surface area contributed by atoms with Crippen molar-refractivity contribution in [1.29, 1.82) is 0 Å². The summed E-state index contributed by atoms with van der Waals surface area (Å²) in [6.07, 6.45) is 2.27. The highest BCUT2D eigenvalue weighted by atomic mass is 35.5. The zero-order chi connectivity index (χ0) is 24.2. The number of rotatable bonds is 6. The Kier molecular flexibility index (Phi) is 8.21. The van der Waals surface area contributed by atoms with Crippen LogP contribution >= 0.6 is 11.6 Å². The topological polar surface area (TPSA) is 38.8 Å². The van der Waals surface area contributed by atoms with E-state index in [0.717, 1.165) is 35.8 Å². The number of hydrogen-bond acceptors (Lipinski definition) is 3. The molecule has 2 heterocycles. The monoisotopic (exact) mass is 483 g/mol. The van der Waals surface area contributed by atoms with Crippen LogP contribution in [0.3, 0.4) is 0 Å². The Balaban J connectivity index is 1.41. The SMILES string of the molecule is CC1CC(C)CN(C(=O)COc2cccc([C@@H]3OC[C@@H](c4ccc(Cl)cc4)C[C@H]3C(C)C)c2)C1. The van der Waals surface area contributed by atoms with Crippen molar-refractivity contribution in [2.45, 2.75) is 52.6 Å². The van der Waals surface area contributed by atoms with Crippen LogP contribution in [0.15, 0.2) is 48.5 Å². The fraction of sp³-hybridized carbons (Fsp3) is 0.552. The van der Waals surface area contributed by atoms with Gasteiger partial charge in [-0.15, -0.1) is 0 Å². The lowest BCUT2D eigenvalue weighted by Crippen LogP contribution is -2.44. The lowest BCUT2D eigenvalue weighted by molar-refractivity contribution is -0.136. The van der Waals surface area contributed by atoms with Crippen LogP contribution in [0.25, 0.3) is 0 Å². The molecule has 0 radical (unpaired) electrons. The Morgan fingerprint density at radius 3 is 2.44 bits per heavy atom. The van der Waals surface area contributed by atoms with Gasteiger partial charge < -0.3 is 14.4 Å². The summed E-state index contributed by atoms with van der Waals surface area (Å²) in [7, 11) is 0. The maximum Gasteiger partial charge on any atom is 0.260 e. The van der Waals surface area contributed by atoms with Gasteiger partial charge in [0.05, 0.1) is 12.7 Å². The Morgan fingerprint density at radius 1 is 1.06 bits per heavy atom. The van der Waals surface area contributed by atoms with E-state index < -0.39 is 0 Å². The third-order valence-electron chi connectivity index (χ3n) is 7.39. The summed E-state index contributed by atoms with van der Waals surface area (Å²) in [5, 5.41) is 0.762. The molecule has 2 aliphatic heterocycles. The molecule has 4 rings (SSSR count). The molecule has 5 heteroatoms. The predicted molar refractivity (Wildman–Crippen MR) is 137 cm³/mol. The second-order valence-corrected chi connectivity index (χ2v) is 11.2. The minimum Gasteiger partial charge on any atom is -0.484 e. The average molecular weight is 484 g/mol. The number of halogens is 1.